The highest BCUT2D eigenvalue weighted by Gasteiger charge is 2.51. The van der Waals surface area contributed by atoms with Crippen molar-refractivity contribution in [1.29, 1.82) is 0 Å². The molecule has 3 amide bonds. The summed E-state index contributed by atoms with van der Waals surface area (Å²) in [7, 11) is 0. The number of fused-ring (bicyclic) bond motifs is 1. The highest BCUT2D eigenvalue weighted by atomic mass is 19.3. The number of hydrogen-bond acceptors (Lipinski definition) is 4. The molecule has 234 valence electrons. The van der Waals surface area contributed by atoms with Gasteiger partial charge >= 0.3 is 0 Å². The van der Waals surface area contributed by atoms with Crippen LogP contribution in [0.15, 0.2) is 53.8 Å². The van der Waals surface area contributed by atoms with Crippen molar-refractivity contribution < 1.29 is 23.2 Å². The highest BCUT2D eigenvalue weighted by molar-refractivity contribution is 6.02. The van der Waals surface area contributed by atoms with E-state index in [1.165, 1.54) is 4.90 Å². The number of benzene rings is 1. The van der Waals surface area contributed by atoms with E-state index in [0.717, 1.165) is 42.5 Å². The van der Waals surface area contributed by atoms with Crippen LogP contribution in [0, 0.1) is 17.3 Å². The Morgan fingerprint density at radius 1 is 1.09 bits per heavy atom. The van der Waals surface area contributed by atoms with Crippen LogP contribution >= 0.6 is 0 Å². The van der Waals surface area contributed by atoms with Crippen molar-refractivity contribution in [1.82, 2.24) is 15.1 Å². The van der Waals surface area contributed by atoms with Crippen molar-refractivity contribution in [2.45, 2.75) is 116 Å². The molecule has 8 heteroatoms. The number of halogens is 2. The SMILES string of the molecule is CCCC1=CC(C)(/C=C2\C3CCC3N2CC[C@H](NC(=O)C2CCC(F)(F)CC2)c2ccccc2)C(=O)N(C(C)C)C(=O)C1. The average molecular weight is 596 g/mol. The van der Waals surface area contributed by atoms with Crippen LogP contribution in [0.1, 0.15) is 104 Å². The molecule has 4 atom stereocenters. The first-order chi connectivity index (χ1) is 20.4. The molecule has 2 aliphatic heterocycles. The molecule has 5 rings (SSSR count). The first kappa shape index (κ1) is 31.4. The molecular weight excluding hydrogens is 548 g/mol. The Bertz CT molecular complexity index is 1270. The molecular formula is C35H47F2N3O3. The van der Waals surface area contributed by atoms with E-state index in [4.69, 9.17) is 0 Å². The molecule has 0 spiro atoms. The zero-order valence-electron chi connectivity index (χ0n) is 26.1. The largest absolute Gasteiger partial charge is 0.371 e. The van der Waals surface area contributed by atoms with Crippen molar-refractivity contribution in [2.75, 3.05) is 6.54 Å². The standard InChI is InChI=1S/C35H47F2N3O3/c1-5-9-24-20-31(41)40(23(2)3)33(43)34(4,21-24)22-30-27-12-13-29(27)39(30)19-16-28(25-10-7-6-8-11-25)38-32(42)26-14-17-35(36,37)18-15-26/h6-8,10-11,21-23,26-29H,5,9,12-20H2,1-4H3,(H,38,42)/b30-22+/t27?,28-,29?,34?/m0/s1. The number of nitrogens with one attached hydrogen (secondary N) is 1. The second-order valence-electron chi connectivity index (χ2n) is 13.6. The maximum absolute atomic E-state index is 13.9. The summed E-state index contributed by atoms with van der Waals surface area (Å²) < 4.78 is 27.5. The van der Waals surface area contributed by atoms with E-state index >= 15 is 0 Å². The van der Waals surface area contributed by atoms with E-state index in [0.29, 0.717) is 24.9 Å². The maximum atomic E-state index is 13.9. The summed E-state index contributed by atoms with van der Waals surface area (Å²) in [6.07, 6.45) is 8.91. The molecule has 1 aromatic rings. The molecule has 2 saturated carbocycles. The molecule has 43 heavy (non-hydrogen) atoms. The lowest BCUT2D eigenvalue weighted by molar-refractivity contribution is -0.149. The second-order valence-corrected chi connectivity index (χ2v) is 13.6. The summed E-state index contributed by atoms with van der Waals surface area (Å²) in [5.74, 6) is -3.09. The number of hydrogen-bond donors (Lipinski definition) is 1. The number of imide groups is 1. The third kappa shape index (κ3) is 6.58. The number of alkyl halides is 2. The molecule has 2 aliphatic carbocycles. The monoisotopic (exact) mass is 595 g/mol. The van der Waals surface area contributed by atoms with Crippen molar-refractivity contribution in [3.8, 4) is 0 Å². The number of nitrogens with zero attached hydrogens (tertiary/aromatic N) is 2. The van der Waals surface area contributed by atoms with Crippen molar-refractivity contribution in [2.24, 2.45) is 17.3 Å². The number of piperidine rings is 1. The predicted molar refractivity (Wildman–Crippen MR) is 163 cm³/mol. The second kappa shape index (κ2) is 12.5. The quantitative estimate of drug-likeness (QED) is 0.235. The van der Waals surface area contributed by atoms with Crippen molar-refractivity contribution >= 4 is 17.7 Å². The summed E-state index contributed by atoms with van der Waals surface area (Å²) in [4.78, 5) is 44.1. The van der Waals surface area contributed by atoms with Crippen LogP contribution in [0.3, 0.4) is 0 Å². The first-order valence-electron chi connectivity index (χ1n) is 16.2. The Kier molecular flexibility index (Phi) is 9.15. The van der Waals surface area contributed by atoms with E-state index < -0.39 is 17.3 Å². The van der Waals surface area contributed by atoms with Crippen LogP contribution in [0.5, 0.6) is 0 Å². The lowest BCUT2D eigenvalue weighted by atomic mass is 9.66. The third-order valence-electron chi connectivity index (χ3n) is 9.98. The van der Waals surface area contributed by atoms with Crippen molar-refractivity contribution in [3.05, 3.63) is 59.3 Å². The highest BCUT2D eigenvalue weighted by Crippen LogP contribution is 2.52. The van der Waals surface area contributed by atoms with Crippen LogP contribution in [-0.4, -0.2) is 52.1 Å². The van der Waals surface area contributed by atoms with Gasteiger partial charge in [0.15, 0.2) is 0 Å². The van der Waals surface area contributed by atoms with Gasteiger partial charge < -0.3 is 10.2 Å². The smallest absolute Gasteiger partial charge is 0.248 e. The Morgan fingerprint density at radius 3 is 2.40 bits per heavy atom. The summed E-state index contributed by atoms with van der Waals surface area (Å²) in [6.45, 7) is 8.52. The van der Waals surface area contributed by atoms with Crippen LogP contribution < -0.4 is 5.32 Å². The summed E-state index contributed by atoms with van der Waals surface area (Å²) >= 11 is 0. The fraction of sp³-hybridized carbons (Fsp3) is 0.629. The summed E-state index contributed by atoms with van der Waals surface area (Å²) in [6, 6.07) is 9.81. The molecule has 6 nitrogen and oxygen atoms in total. The summed E-state index contributed by atoms with van der Waals surface area (Å²) in [5.41, 5.74) is 2.26. The molecule has 1 aromatic carbocycles. The zero-order chi connectivity index (χ0) is 30.9. The van der Waals surface area contributed by atoms with E-state index in [2.05, 4.69) is 23.2 Å². The number of amides is 3. The summed E-state index contributed by atoms with van der Waals surface area (Å²) in [5, 5.41) is 3.20. The maximum Gasteiger partial charge on any atom is 0.248 e. The van der Waals surface area contributed by atoms with Gasteiger partial charge in [0.25, 0.3) is 0 Å². The molecule has 4 aliphatic rings. The normalized spacial score (nSPS) is 29.0. The molecule has 1 saturated heterocycles. The number of rotatable bonds is 10. The zero-order valence-corrected chi connectivity index (χ0v) is 26.1. The molecule has 0 aromatic heterocycles. The van der Waals surface area contributed by atoms with Gasteiger partial charge in [0.05, 0.1) is 11.5 Å². The van der Waals surface area contributed by atoms with E-state index in [1.807, 2.05) is 57.2 Å². The van der Waals surface area contributed by atoms with Gasteiger partial charge in [-0.2, -0.15) is 0 Å². The van der Waals surface area contributed by atoms with Gasteiger partial charge in [0.1, 0.15) is 0 Å². The minimum Gasteiger partial charge on any atom is -0.371 e. The molecule has 1 N–H and O–H groups in total. The molecule has 0 radical (unpaired) electrons. The van der Waals surface area contributed by atoms with Gasteiger partial charge in [0, 0.05) is 55.4 Å². The lowest BCUT2D eigenvalue weighted by Gasteiger charge is -2.60. The van der Waals surface area contributed by atoms with Gasteiger partial charge in [-0.05, 0) is 70.9 Å². The number of likely N-dealkylation sites (tertiary alicyclic amines) is 1. The lowest BCUT2D eigenvalue weighted by Crippen LogP contribution is -2.61. The predicted octanol–water partition coefficient (Wildman–Crippen LogP) is 6.94. The van der Waals surface area contributed by atoms with Gasteiger partial charge in [0.2, 0.25) is 23.6 Å². The Balaban J connectivity index is 1.36. The average Bonchev–Trinajstić information content (AvgIpc) is 3.02. The van der Waals surface area contributed by atoms with Crippen LogP contribution in [0.25, 0.3) is 0 Å². The van der Waals surface area contributed by atoms with Gasteiger partial charge in [-0.3, -0.25) is 19.3 Å². The van der Waals surface area contributed by atoms with Crippen LogP contribution in [0.4, 0.5) is 8.78 Å². The fourth-order valence-electron chi connectivity index (χ4n) is 7.48. The first-order valence-corrected chi connectivity index (χ1v) is 16.2. The van der Waals surface area contributed by atoms with E-state index in [9.17, 15) is 23.2 Å². The molecule has 2 heterocycles. The molecule has 3 unspecified atom stereocenters. The van der Waals surface area contributed by atoms with E-state index in [1.54, 1.807) is 0 Å². The van der Waals surface area contributed by atoms with Gasteiger partial charge in [-0.15, -0.1) is 0 Å². The minimum atomic E-state index is -2.67. The number of carbonyl (C=O) groups excluding carboxylic acids is 3. The number of carbonyl (C=O) groups is 3. The van der Waals surface area contributed by atoms with Crippen LogP contribution in [-0.2, 0) is 14.4 Å². The van der Waals surface area contributed by atoms with Crippen molar-refractivity contribution in [3.63, 3.8) is 0 Å². The molecule has 0 bridgehead atoms. The van der Waals surface area contributed by atoms with Gasteiger partial charge in [-0.1, -0.05) is 55.3 Å². The Hall–Kier alpha value is -3.03. The Morgan fingerprint density at radius 2 is 1.79 bits per heavy atom. The van der Waals surface area contributed by atoms with E-state index in [-0.39, 0.29) is 61.9 Å². The Labute approximate surface area is 254 Å². The third-order valence-corrected chi connectivity index (χ3v) is 9.98. The topological polar surface area (TPSA) is 69.7 Å². The van der Waals surface area contributed by atoms with Crippen LogP contribution in [0.2, 0.25) is 0 Å². The fourth-order valence-corrected chi connectivity index (χ4v) is 7.48. The van der Waals surface area contributed by atoms with Gasteiger partial charge in [-0.25, -0.2) is 8.78 Å². The minimum absolute atomic E-state index is 0.128. The molecule has 3 fully saturated rings.